The minimum Gasteiger partial charge on any atom is -0.396 e. The molecule has 2 rings (SSSR count). The summed E-state index contributed by atoms with van der Waals surface area (Å²) < 4.78 is 1.70. The molecule has 0 unspecified atom stereocenters. The van der Waals surface area contributed by atoms with Crippen LogP contribution in [0, 0.1) is 0 Å². The highest BCUT2D eigenvalue weighted by atomic mass is 16.1. The second-order valence-electron chi connectivity index (χ2n) is 3.66. The number of benzene rings is 1. The fraction of sp³-hybridized carbons (Fsp3) is 0.167. The standard InChI is InChI=1S/C12H14N4O/c13-11-8-15-16(9-11)7-6-14-12(17)10-4-2-1-3-5-10/h1-5,8-9H,6-7,13H2,(H,14,17). The summed E-state index contributed by atoms with van der Waals surface area (Å²) in [4.78, 5) is 11.7. The van der Waals surface area contributed by atoms with E-state index < -0.39 is 0 Å². The Morgan fingerprint density at radius 3 is 2.76 bits per heavy atom. The van der Waals surface area contributed by atoms with Gasteiger partial charge in [-0.25, -0.2) is 0 Å². The molecular formula is C12H14N4O. The predicted octanol–water partition coefficient (Wildman–Crippen LogP) is 0.895. The van der Waals surface area contributed by atoms with E-state index in [-0.39, 0.29) is 5.91 Å². The Labute approximate surface area is 99.2 Å². The number of nitrogens with two attached hydrogens (primary N) is 1. The first-order valence-corrected chi connectivity index (χ1v) is 5.37. The summed E-state index contributed by atoms with van der Waals surface area (Å²) >= 11 is 0. The molecule has 5 heteroatoms. The predicted molar refractivity (Wildman–Crippen MR) is 65.4 cm³/mol. The van der Waals surface area contributed by atoms with Gasteiger partial charge >= 0.3 is 0 Å². The first-order chi connectivity index (χ1) is 8.25. The molecule has 0 fully saturated rings. The molecule has 0 aliphatic rings. The van der Waals surface area contributed by atoms with Gasteiger partial charge in [0, 0.05) is 18.3 Å². The summed E-state index contributed by atoms with van der Waals surface area (Å²) in [6, 6.07) is 9.11. The number of hydrogen-bond acceptors (Lipinski definition) is 3. The number of rotatable bonds is 4. The van der Waals surface area contributed by atoms with Crippen LogP contribution in [0.4, 0.5) is 5.69 Å². The number of carbonyl (C=O) groups is 1. The van der Waals surface area contributed by atoms with Gasteiger partial charge in [-0.3, -0.25) is 9.48 Å². The van der Waals surface area contributed by atoms with Crippen molar-refractivity contribution in [2.45, 2.75) is 6.54 Å². The Hall–Kier alpha value is -2.30. The lowest BCUT2D eigenvalue weighted by Gasteiger charge is -2.05. The van der Waals surface area contributed by atoms with E-state index in [2.05, 4.69) is 10.4 Å². The molecule has 5 nitrogen and oxygen atoms in total. The molecule has 1 aromatic heterocycles. The molecule has 0 saturated heterocycles. The van der Waals surface area contributed by atoms with Crippen molar-refractivity contribution in [3.05, 3.63) is 48.3 Å². The van der Waals surface area contributed by atoms with Crippen LogP contribution in [0.1, 0.15) is 10.4 Å². The quantitative estimate of drug-likeness (QED) is 0.819. The van der Waals surface area contributed by atoms with Crippen LogP contribution in [-0.2, 0) is 6.54 Å². The fourth-order valence-corrected chi connectivity index (χ4v) is 1.48. The van der Waals surface area contributed by atoms with Crippen LogP contribution in [0.3, 0.4) is 0 Å². The topological polar surface area (TPSA) is 72.9 Å². The van der Waals surface area contributed by atoms with E-state index in [0.717, 1.165) is 0 Å². The Balaban J connectivity index is 1.81. The largest absolute Gasteiger partial charge is 0.396 e. The summed E-state index contributed by atoms with van der Waals surface area (Å²) in [6.45, 7) is 1.13. The van der Waals surface area contributed by atoms with Crippen LogP contribution in [0.5, 0.6) is 0 Å². The zero-order valence-electron chi connectivity index (χ0n) is 9.34. The van der Waals surface area contributed by atoms with Crippen molar-refractivity contribution < 1.29 is 4.79 Å². The smallest absolute Gasteiger partial charge is 0.251 e. The third-order valence-electron chi connectivity index (χ3n) is 2.32. The van der Waals surface area contributed by atoms with Crippen molar-refractivity contribution in [1.82, 2.24) is 15.1 Å². The third-order valence-corrected chi connectivity index (χ3v) is 2.32. The third kappa shape index (κ3) is 3.07. The van der Waals surface area contributed by atoms with Crippen molar-refractivity contribution >= 4 is 11.6 Å². The molecule has 0 spiro atoms. The van der Waals surface area contributed by atoms with Gasteiger partial charge in [-0.05, 0) is 12.1 Å². The SMILES string of the molecule is Nc1cnn(CCNC(=O)c2ccccc2)c1. The molecular weight excluding hydrogens is 216 g/mol. The maximum absolute atomic E-state index is 11.7. The highest BCUT2D eigenvalue weighted by molar-refractivity contribution is 5.94. The molecule has 17 heavy (non-hydrogen) atoms. The van der Waals surface area contributed by atoms with E-state index in [1.807, 2.05) is 18.2 Å². The number of amides is 1. The van der Waals surface area contributed by atoms with E-state index >= 15 is 0 Å². The first-order valence-electron chi connectivity index (χ1n) is 5.37. The van der Waals surface area contributed by atoms with E-state index in [9.17, 15) is 4.79 Å². The molecule has 0 aliphatic heterocycles. The zero-order chi connectivity index (χ0) is 12.1. The summed E-state index contributed by atoms with van der Waals surface area (Å²) in [7, 11) is 0. The first kappa shape index (κ1) is 11.2. The van der Waals surface area contributed by atoms with Gasteiger partial charge in [0.1, 0.15) is 0 Å². The molecule has 3 N–H and O–H groups in total. The maximum atomic E-state index is 11.7. The Morgan fingerprint density at radius 2 is 2.12 bits per heavy atom. The lowest BCUT2D eigenvalue weighted by atomic mass is 10.2. The summed E-state index contributed by atoms with van der Waals surface area (Å²) in [5.41, 5.74) is 6.81. The molecule has 1 heterocycles. The lowest BCUT2D eigenvalue weighted by molar-refractivity contribution is 0.0952. The van der Waals surface area contributed by atoms with E-state index in [0.29, 0.717) is 24.3 Å². The molecule has 0 aliphatic carbocycles. The maximum Gasteiger partial charge on any atom is 0.251 e. The molecule has 88 valence electrons. The average Bonchev–Trinajstić information content (AvgIpc) is 2.76. The van der Waals surface area contributed by atoms with Crippen LogP contribution in [0.15, 0.2) is 42.7 Å². The van der Waals surface area contributed by atoms with E-state index in [1.165, 1.54) is 0 Å². The number of nitrogen functional groups attached to an aromatic ring is 1. The number of nitrogens with zero attached hydrogens (tertiary/aromatic N) is 2. The summed E-state index contributed by atoms with van der Waals surface area (Å²) in [5, 5.41) is 6.84. The number of aromatic nitrogens is 2. The Morgan fingerprint density at radius 1 is 1.35 bits per heavy atom. The number of anilines is 1. The van der Waals surface area contributed by atoms with Gasteiger partial charge in [0.2, 0.25) is 0 Å². The number of carbonyl (C=O) groups excluding carboxylic acids is 1. The Bertz CT molecular complexity index is 492. The molecule has 1 aromatic carbocycles. The minimum absolute atomic E-state index is 0.0780. The van der Waals surface area contributed by atoms with Crippen LogP contribution in [0.2, 0.25) is 0 Å². The molecule has 0 radical (unpaired) electrons. The van der Waals surface area contributed by atoms with Gasteiger partial charge in [0.25, 0.3) is 5.91 Å². The van der Waals surface area contributed by atoms with Crippen LogP contribution >= 0.6 is 0 Å². The normalized spacial score (nSPS) is 10.1. The lowest BCUT2D eigenvalue weighted by Crippen LogP contribution is -2.27. The number of nitrogens with one attached hydrogen (secondary N) is 1. The second kappa shape index (κ2) is 5.16. The van der Waals surface area contributed by atoms with Gasteiger partial charge in [-0.15, -0.1) is 0 Å². The van der Waals surface area contributed by atoms with Crippen molar-refractivity contribution in [1.29, 1.82) is 0 Å². The summed E-state index contributed by atoms with van der Waals surface area (Å²) in [6.07, 6.45) is 3.31. The second-order valence-corrected chi connectivity index (χ2v) is 3.66. The van der Waals surface area contributed by atoms with Crippen LogP contribution in [0.25, 0.3) is 0 Å². The molecule has 2 aromatic rings. The van der Waals surface area contributed by atoms with Crippen molar-refractivity contribution in [2.75, 3.05) is 12.3 Å². The highest BCUT2D eigenvalue weighted by Gasteiger charge is 2.03. The average molecular weight is 230 g/mol. The summed E-state index contributed by atoms with van der Waals surface area (Å²) in [5.74, 6) is -0.0780. The van der Waals surface area contributed by atoms with E-state index in [1.54, 1.807) is 29.2 Å². The minimum atomic E-state index is -0.0780. The molecule has 0 bridgehead atoms. The van der Waals surface area contributed by atoms with Crippen LogP contribution < -0.4 is 11.1 Å². The highest BCUT2D eigenvalue weighted by Crippen LogP contribution is 1.98. The molecule has 1 amide bonds. The molecule has 0 atom stereocenters. The zero-order valence-corrected chi connectivity index (χ0v) is 9.34. The molecule has 0 saturated carbocycles. The van der Waals surface area contributed by atoms with E-state index in [4.69, 9.17) is 5.73 Å². The van der Waals surface area contributed by atoms with Crippen molar-refractivity contribution in [3.8, 4) is 0 Å². The number of hydrogen-bond donors (Lipinski definition) is 2. The van der Waals surface area contributed by atoms with Gasteiger partial charge in [-0.1, -0.05) is 18.2 Å². The van der Waals surface area contributed by atoms with Gasteiger partial charge < -0.3 is 11.1 Å². The monoisotopic (exact) mass is 230 g/mol. The van der Waals surface area contributed by atoms with Crippen molar-refractivity contribution in [3.63, 3.8) is 0 Å². The van der Waals surface area contributed by atoms with Gasteiger partial charge in [0.05, 0.1) is 18.4 Å². The van der Waals surface area contributed by atoms with Crippen LogP contribution in [-0.4, -0.2) is 22.2 Å². The Kier molecular flexibility index (Phi) is 3.40. The van der Waals surface area contributed by atoms with Crippen molar-refractivity contribution in [2.24, 2.45) is 0 Å². The van der Waals surface area contributed by atoms with Gasteiger partial charge in [0.15, 0.2) is 0 Å². The fourth-order valence-electron chi connectivity index (χ4n) is 1.48. The van der Waals surface area contributed by atoms with Gasteiger partial charge in [-0.2, -0.15) is 5.10 Å².